The van der Waals surface area contributed by atoms with Gasteiger partial charge in [0.05, 0.1) is 24.5 Å². The number of nitrogens with zero attached hydrogens (tertiary/aromatic N) is 1. The lowest BCUT2D eigenvalue weighted by Gasteiger charge is -2.33. The van der Waals surface area contributed by atoms with Gasteiger partial charge in [0.2, 0.25) is 6.79 Å². The summed E-state index contributed by atoms with van der Waals surface area (Å²) < 4.78 is 48.5. The molecule has 0 bridgehead atoms. The minimum atomic E-state index is -4.10. The van der Waals surface area contributed by atoms with Crippen LogP contribution in [0, 0.1) is 0 Å². The molecule has 0 N–H and O–H groups in total. The van der Waals surface area contributed by atoms with Gasteiger partial charge in [0, 0.05) is 24.7 Å². The van der Waals surface area contributed by atoms with Crippen LogP contribution in [0.5, 0.6) is 17.2 Å². The van der Waals surface area contributed by atoms with Crippen molar-refractivity contribution in [3.05, 3.63) is 131 Å². The summed E-state index contributed by atoms with van der Waals surface area (Å²) in [6.07, 6.45) is 0. The average molecular weight is 598 g/mol. The number of phosphoric acid groups is 1. The fourth-order valence-electron chi connectivity index (χ4n) is 5.51. The highest BCUT2D eigenvalue weighted by Gasteiger charge is 2.42. The summed E-state index contributed by atoms with van der Waals surface area (Å²) in [4.78, 5) is 15.0. The number of phosphoric ester groups is 1. The van der Waals surface area contributed by atoms with Crippen LogP contribution in [0.2, 0.25) is 0 Å². The van der Waals surface area contributed by atoms with Gasteiger partial charge in [-0.15, -0.1) is 0 Å². The van der Waals surface area contributed by atoms with Gasteiger partial charge < -0.3 is 23.6 Å². The topological polar surface area (TPSA) is 92.8 Å². The number of hydrogen-bond donors (Lipinski definition) is 0. The summed E-state index contributed by atoms with van der Waals surface area (Å²) in [7, 11) is -2.20. The number of ether oxygens (including phenoxy) is 3. The molecule has 3 aliphatic heterocycles. The van der Waals surface area contributed by atoms with Crippen molar-refractivity contribution in [2.24, 2.45) is 0 Å². The summed E-state index contributed by atoms with van der Waals surface area (Å²) in [5.74, 6) is 0.654. The molecule has 4 aromatic rings. The molecule has 0 radical (unpaired) electrons. The molecule has 0 aromatic heterocycles. The Balaban J connectivity index is 1.23. The van der Waals surface area contributed by atoms with Crippen molar-refractivity contribution in [1.29, 1.82) is 0 Å². The number of likely N-dealkylation sites (N-methyl/N-ethyl adjacent to an activating group) is 1. The van der Waals surface area contributed by atoms with E-state index in [1.165, 1.54) is 0 Å². The fraction of sp³-hybridized carbons (Fsp3) is 0.182. The van der Waals surface area contributed by atoms with E-state index in [9.17, 15) is 9.36 Å². The Bertz CT molecular complexity index is 1710. The summed E-state index contributed by atoms with van der Waals surface area (Å²) in [5, 5.41) is 0. The average Bonchev–Trinajstić information content (AvgIpc) is 3.66. The Morgan fingerprint density at radius 1 is 0.814 bits per heavy atom. The summed E-state index contributed by atoms with van der Waals surface area (Å²) in [5.41, 5.74) is 5.43. The molecule has 1 atom stereocenters. The Kier molecular flexibility index (Phi) is 7.15. The third-order valence-corrected chi connectivity index (χ3v) is 8.96. The van der Waals surface area contributed by atoms with E-state index in [1.807, 2.05) is 90.8 Å². The van der Waals surface area contributed by atoms with E-state index in [-0.39, 0.29) is 38.3 Å². The van der Waals surface area contributed by atoms with Gasteiger partial charge in [0.15, 0.2) is 11.5 Å². The number of cyclic esters (lactones) is 1. The van der Waals surface area contributed by atoms with Gasteiger partial charge in [-0.1, -0.05) is 72.8 Å². The maximum absolute atomic E-state index is 14.0. The van der Waals surface area contributed by atoms with Crippen LogP contribution in [0.1, 0.15) is 28.2 Å². The van der Waals surface area contributed by atoms with Crippen LogP contribution >= 0.6 is 7.82 Å². The molecule has 0 aliphatic carbocycles. The van der Waals surface area contributed by atoms with Crippen LogP contribution in [-0.4, -0.2) is 26.4 Å². The van der Waals surface area contributed by atoms with Gasteiger partial charge in [0.1, 0.15) is 12.4 Å². The van der Waals surface area contributed by atoms with E-state index >= 15 is 0 Å². The third kappa shape index (κ3) is 5.39. The molecule has 1 unspecified atom stereocenters. The van der Waals surface area contributed by atoms with Gasteiger partial charge >= 0.3 is 13.8 Å². The summed E-state index contributed by atoms with van der Waals surface area (Å²) in [6, 6.07) is 29.7. The molecule has 0 saturated carbocycles. The molecule has 9 nitrogen and oxygen atoms in total. The molecule has 0 fully saturated rings. The molecule has 3 heterocycles. The van der Waals surface area contributed by atoms with Crippen molar-refractivity contribution < 1.29 is 37.1 Å². The second-order valence-electron chi connectivity index (χ2n) is 10.3. The van der Waals surface area contributed by atoms with E-state index in [2.05, 4.69) is 0 Å². The number of hydrogen-bond acceptors (Lipinski definition) is 9. The van der Waals surface area contributed by atoms with Gasteiger partial charge in [-0.25, -0.2) is 9.36 Å². The Morgan fingerprint density at radius 2 is 1.47 bits per heavy atom. The Morgan fingerprint density at radius 3 is 2.14 bits per heavy atom. The second-order valence-corrected chi connectivity index (χ2v) is 11.9. The van der Waals surface area contributed by atoms with Crippen molar-refractivity contribution >= 4 is 19.5 Å². The van der Waals surface area contributed by atoms with Gasteiger partial charge in [-0.2, -0.15) is 0 Å². The van der Waals surface area contributed by atoms with Crippen LogP contribution in [0.15, 0.2) is 108 Å². The maximum Gasteiger partial charge on any atom is 0.530 e. The highest BCUT2D eigenvalue weighted by atomic mass is 31.2. The van der Waals surface area contributed by atoms with Crippen molar-refractivity contribution in [3.63, 3.8) is 0 Å². The highest BCUT2D eigenvalue weighted by Crippen LogP contribution is 2.53. The summed E-state index contributed by atoms with van der Waals surface area (Å²) >= 11 is 0. The largest absolute Gasteiger partial charge is 0.530 e. The first-order valence-electron chi connectivity index (χ1n) is 13.8. The number of benzene rings is 4. The molecule has 0 amide bonds. The van der Waals surface area contributed by atoms with E-state index < -0.39 is 13.7 Å². The molecule has 7 rings (SSSR count). The van der Waals surface area contributed by atoms with Crippen LogP contribution < -0.4 is 18.9 Å². The molecule has 4 aromatic carbocycles. The molecule has 3 aliphatic rings. The molecule has 10 heteroatoms. The fourth-order valence-corrected chi connectivity index (χ4v) is 6.68. The lowest BCUT2D eigenvalue weighted by molar-refractivity contribution is -0.136. The predicted molar refractivity (Wildman–Crippen MR) is 158 cm³/mol. The normalized spacial score (nSPS) is 17.0. The molecule has 0 spiro atoms. The summed E-state index contributed by atoms with van der Waals surface area (Å²) in [6.45, 7) is 0.363. The zero-order chi connectivity index (χ0) is 29.4. The second kappa shape index (κ2) is 11.3. The van der Waals surface area contributed by atoms with Gasteiger partial charge in [-0.05, 0) is 40.5 Å². The first kappa shape index (κ1) is 27.3. The van der Waals surface area contributed by atoms with E-state index in [4.69, 9.17) is 27.8 Å². The maximum atomic E-state index is 14.0. The van der Waals surface area contributed by atoms with Crippen LogP contribution in [0.4, 0.5) is 5.69 Å². The van der Waals surface area contributed by atoms with E-state index in [1.54, 1.807) is 18.2 Å². The standard InChI is InChI=1S/C33H28NO8P/c1-34-27-17-30-29(38-21-39-30)16-26(27)31(32-28(34)20-37-33(32)35)24-13-8-14-25(15-24)42-43(36,40-18-22-9-4-2-5-10-22)41-19-23-11-6-3-7-12-23/h2-17,31H,18-21H2,1H3. The van der Waals surface area contributed by atoms with Crippen LogP contribution in [-0.2, 0) is 36.4 Å². The van der Waals surface area contributed by atoms with Crippen LogP contribution in [0.3, 0.4) is 0 Å². The zero-order valence-corrected chi connectivity index (χ0v) is 24.2. The number of rotatable bonds is 9. The van der Waals surface area contributed by atoms with E-state index in [0.29, 0.717) is 17.1 Å². The quantitative estimate of drug-likeness (QED) is 0.154. The van der Waals surface area contributed by atoms with Crippen molar-refractivity contribution in [1.82, 2.24) is 0 Å². The molecular formula is C33H28NO8P. The third-order valence-electron chi connectivity index (χ3n) is 7.63. The molecule has 43 heavy (non-hydrogen) atoms. The van der Waals surface area contributed by atoms with Crippen LogP contribution in [0.25, 0.3) is 0 Å². The lowest BCUT2D eigenvalue weighted by atomic mass is 9.80. The number of carbonyl (C=O) groups is 1. The Hall–Kier alpha value is -4.56. The monoisotopic (exact) mass is 597 g/mol. The predicted octanol–water partition coefficient (Wildman–Crippen LogP) is 6.73. The van der Waals surface area contributed by atoms with Crippen molar-refractivity contribution in [2.45, 2.75) is 19.1 Å². The minimum absolute atomic E-state index is 0.0319. The lowest BCUT2D eigenvalue weighted by Crippen LogP contribution is -2.27. The molecule has 218 valence electrons. The number of esters is 1. The minimum Gasteiger partial charge on any atom is -0.456 e. The smallest absolute Gasteiger partial charge is 0.456 e. The van der Waals surface area contributed by atoms with E-state index in [0.717, 1.165) is 33.6 Å². The molecular weight excluding hydrogens is 569 g/mol. The number of fused-ring (bicyclic) bond motifs is 2. The van der Waals surface area contributed by atoms with Crippen molar-refractivity contribution in [2.75, 3.05) is 25.3 Å². The zero-order valence-electron chi connectivity index (χ0n) is 23.3. The van der Waals surface area contributed by atoms with Crippen molar-refractivity contribution in [3.8, 4) is 17.2 Å². The number of anilines is 1. The molecule has 0 saturated heterocycles. The SMILES string of the molecule is CN1C2=C(C(=O)OC2)C(c2cccc(OP(=O)(OCc3ccccc3)OCc3ccccc3)c2)c2cc3c(cc21)OCO3. The first-order chi connectivity index (χ1) is 21.0. The highest BCUT2D eigenvalue weighted by molar-refractivity contribution is 7.48. The first-order valence-corrected chi connectivity index (χ1v) is 15.3. The van der Waals surface area contributed by atoms with Gasteiger partial charge in [-0.3, -0.25) is 9.05 Å². The Labute approximate surface area is 248 Å². The number of carbonyl (C=O) groups excluding carboxylic acids is 1. The van der Waals surface area contributed by atoms with Gasteiger partial charge in [0.25, 0.3) is 0 Å².